The molecule has 1 amide bonds. The van der Waals surface area contributed by atoms with Crippen LogP contribution in [0.3, 0.4) is 0 Å². The molecule has 2 heterocycles. The van der Waals surface area contributed by atoms with E-state index in [1.165, 1.54) is 26.8 Å². The average molecular weight is 485 g/mol. The summed E-state index contributed by atoms with van der Waals surface area (Å²) in [5, 5.41) is 4.55. The summed E-state index contributed by atoms with van der Waals surface area (Å²) in [5.74, 6) is -0.0595. The number of fused-ring (bicyclic) bond motifs is 3. The molecule has 0 saturated carbocycles. The van der Waals surface area contributed by atoms with E-state index in [4.69, 9.17) is 11.6 Å². The molecule has 1 aliphatic carbocycles. The van der Waals surface area contributed by atoms with E-state index in [9.17, 15) is 9.59 Å². The molecule has 0 aliphatic heterocycles. The molecule has 0 bridgehead atoms. The predicted molar refractivity (Wildman–Crippen MR) is 115 cm³/mol. The number of aryl methyl sites for hydroxylation is 2. The summed E-state index contributed by atoms with van der Waals surface area (Å²) in [7, 11) is 1.71. The Hall–Kier alpha value is -1.35. The molecule has 9 heteroatoms. The van der Waals surface area contributed by atoms with Crippen molar-refractivity contribution in [2.75, 3.05) is 11.1 Å². The molecule has 0 atom stereocenters. The Bertz CT molecular complexity index is 1130. The van der Waals surface area contributed by atoms with Gasteiger partial charge in [-0.25, -0.2) is 4.98 Å². The summed E-state index contributed by atoms with van der Waals surface area (Å²) in [5.41, 5.74) is 1.69. The fraction of sp³-hybridized carbons (Fsp3) is 0.278. The minimum atomic E-state index is -0.202. The standard InChI is InChI=1S/C18H15BrClN3O2S2/c1-23-17(25)15-10-3-2-4-13(10)27-16(15)22-18(23)26-8-14(24)21-12-6-5-9(19)7-11(12)20/h5-7H,2-4,8H2,1H3,(H,21,24). The van der Waals surface area contributed by atoms with Gasteiger partial charge in [0.2, 0.25) is 5.91 Å². The van der Waals surface area contributed by atoms with Crippen LogP contribution in [0, 0.1) is 0 Å². The Morgan fingerprint density at radius 2 is 2.26 bits per heavy atom. The Kier molecular flexibility index (Phi) is 5.33. The molecule has 1 aliphatic rings. The molecular weight excluding hydrogens is 470 g/mol. The zero-order valence-electron chi connectivity index (χ0n) is 14.3. The number of aromatic nitrogens is 2. The molecule has 0 radical (unpaired) electrons. The lowest BCUT2D eigenvalue weighted by molar-refractivity contribution is -0.113. The highest BCUT2D eigenvalue weighted by Gasteiger charge is 2.22. The second kappa shape index (κ2) is 7.58. The number of anilines is 1. The fourth-order valence-electron chi connectivity index (χ4n) is 3.14. The van der Waals surface area contributed by atoms with Crippen molar-refractivity contribution in [3.8, 4) is 0 Å². The van der Waals surface area contributed by atoms with Gasteiger partial charge in [0, 0.05) is 16.4 Å². The predicted octanol–water partition coefficient (Wildman–Crippen LogP) is 4.63. The van der Waals surface area contributed by atoms with E-state index in [1.807, 2.05) is 6.07 Å². The Labute approximate surface area is 177 Å². The summed E-state index contributed by atoms with van der Waals surface area (Å²) in [6.45, 7) is 0. The first-order valence-electron chi connectivity index (χ1n) is 8.33. The summed E-state index contributed by atoms with van der Waals surface area (Å²) < 4.78 is 2.38. The van der Waals surface area contributed by atoms with Crippen molar-refractivity contribution in [2.24, 2.45) is 7.05 Å². The molecule has 0 unspecified atom stereocenters. The number of amides is 1. The molecule has 5 nitrogen and oxygen atoms in total. The number of hydrogen-bond acceptors (Lipinski definition) is 5. The number of carbonyl (C=O) groups is 1. The van der Waals surface area contributed by atoms with E-state index in [0.717, 1.165) is 34.0 Å². The maximum atomic E-state index is 12.8. The summed E-state index contributed by atoms with van der Waals surface area (Å²) in [4.78, 5) is 31.8. The third-order valence-electron chi connectivity index (χ3n) is 4.44. The molecule has 2 aromatic heterocycles. The van der Waals surface area contributed by atoms with Gasteiger partial charge in [0.1, 0.15) is 4.83 Å². The van der Waals surface area contributed by atoms with Crippen LogP contribution in [0.2, 0.25) is 5.02 Å². The number of thiophene rings is 1. The number of nitrogens with zero attached hydrogens (tertiary/aromatic N) is 2. The van der Waals surface area contributed by atoms with Crippen LogP contribution in [0.25, 0.3) is 10.2 Å². The van der Waals surface area contributed by atoms with Gasteiger partial charge in [0.15, 0.2) is 5.16 Å². The fourth-order valence-corrected chi connectivity index (χ4v) is 5.94. The van der Waals surface area contributed by atoms with Crippen LogP contribution >= 0.6 is 50.6 Å². The minimum Gasteiger partial charge on any atom is -0.324 e. The van der Waals surface area contributed by atoms with Gasteiger partial charge in [-0.15, -0.1) is 11.3 Å². The second-order valence-electron chi connectivity index (χ2n) is 6.26. The number of carbonyl (C=O) groups excluding carboxylic acids is 1. The van der Waals surface area contributed by atoms with Gasteiger partial charge < -0.3 is 5.32 Å². The number of thioether (sulfide) groups is 1. The molecule has 0 spiro atoms. The highest BCUT2D eigenvalue weighted by molar-refractivity contribution is 9.10. The zero-order valence-corrected chi connectivity index (χ0v) is 18.3. The highest BCUT2D eigenvalue weighted by atomic mass is 79.9. The smallest absolute Gasteiger partial charge is 0.262 e. The number of halogens is 2. The maximum Gasteiger partial charge on any atom is 0.262 e. The van der Waals surface area contributed by atoms with E-state index in [1.54, 1.807) is 30.5 Å². The van der Waals surface area contributed by atoms with Crippen LogP contribution < -0.4 is 10.9 Å². The van der Waals surface area contributed by atoms with Crippen LogP contribution in [-0.4, -0.2) is 21.2 Å². The molecule has 0 saturated heterocycles. The minimum absolute atomic E-state index is 0.0294. The topological polar surface area (TPSA) is 64.0 Å². The van der Waals surface area contributed by atoms with Gasteiger partial charge in [0.05, 0.1) is 21.8 Å². The molecule has 3 aromatic rings. The first-order valence-corrected chi connectivity index (χ1v) is 11.3. The van der Waals surface area contributed by atoms with Gasteiger partial charge in [-0.2, -0.15) is 0 Å². The van der Waals surface area contributed by atoms with Gasteiger partial charge in [-0.1, -0.05) is 39.3 Å². The Morgan fingerprint density at radius 1 is 1.44 bits per heavy atom. The summed E-state index contributed by atoms with van der Waals surface area (Å²) in [6.07, 6.45) is 3.09. The van der Waals surface area contributed by atoms with Gasteiger partial charge in [0.25, 0.3) is 5.56 Å². The third-order valence-corrected chi connectivity index (χ3v) is 7.46. The quantitative estimate of drug-likeness (QED) is 0.433. The lowest BCUT2D eigenvalue weighted by Gasteiger charge is -2.09. The molecule has 27 heavy (non-hydrogen) atoms. The number of nitrogens with one attached hydrogen (secondary N) is 1. The molecular formula is C18H15BrClN3O2S2. The van der Waals surface area contributed by atoms with Crippen molar-refractivity contribution in [3.63, 3.8) is 0 Å². The monoisotopic (exact) mass is 483 g/mol. The first kappa shape index (κ1) is 19.0. The summed E-state index contributed by atoms with van der Waals surface area (Å²) in [6, 6.07) is 5.27. The van der Waals surface area contributed by atoms with Crippen LogP contribution in [0.15, 0.2) is 32.6 Å². The van der Waals surface area contributed by atoms with E-state index in [0.29, 0.717) is 15.9 Å². The molecule has 0 fully saturated rings. The number of hydrogen-bond donors (Lipinski definition) is 1. The Balaban J connectivity index is 1.53. The van der Waals surface area contributed by atoms with E-state index in [2.05, 4.69) is 26.2 Å². The SMILES string of the molecule is Cn1c(SCC(=O)Nc2ccc(Br)cc2Cl)nc2sc3c(c2c1=O)CCC3. The van der Waals surface area contributed by atoms with E-state index < -0.39 is 0 Å². The normalized spacial score (nSPS) is 13.1. The first-order chi connectivity index (χ1) is 12.9. The van der Waals surface area contributed by atoms with Crippen molar-refractivity contribution in [2.45, 2.75) is 24.4 Å². The Morgan fingerprint density at radius 3 is 3.04 bits per heavy atom. The lowest BCUT2D eigenvalue weighted by Crippen LogP contribution is -2.21. The van der Waals surface area contributed by atoms with Gasteiger partial charge >= 0.3 is 0 Å². The zero-order chi connectivity index (χ0) is 19.1. The third kappa shape index (κ3) is 3.68. The second-order valence-corrected chi connectivity index (χ2v) is 9.61. The molecule has 1 aromatic carbocycles. The van der Waals surface area contributed by atoms with Crippen LogP contribution in [0.1, 0.15) is 16.9 Å². The molecule has 4 rings (SSSR count). The van der Waals surface area contributed by atoms with Crippen LogP contribution in [-0.2, 0) is 24.7 Å². The van der Waals surface area contributed by atoms with Crippen LogP contribution in [0.4, 0.5) is 5.69 Å². The van der Waals surface area contributed by atoms with Crippen molar-refractivity contribution in [1.82, 2.24) is 9.55 Å². The van der Waals surface area contributed by atoms with Crippen molar-refractivity contribution in [1.29, 1.82) is 0 Å². The molecule has 1 N–H and O–H groups in total. The lowest BCUT2D eigenvalue weighted by atomic mass is 10.2. The summed E-state index contributed by atoms with van der Waals surface area (Å²) >= 11 is 12.3. The largest absolute Gasteiger partial charge is 0.324 e. The van der Waals surface area contributed by atoms with E-state index >= 15 is 0 Å². The highest BCUT2D eigenvalue weighted by Crippen LogP contribution is 2.35. The van der Waals surface area contributed by atoms with Gasteiger partial charge in [-0.05, 0) is 43.0 Å². The van der Waals surface area contributed by atoms with Crippen molar-refractivity contribution in [3.05, 3.63) is 48.5 Å². The number of benzene rings is 1. The van der Waals surface area contributed by atoms with Crippen molar-refractivity contribution < 1.29 is 4.79 Å². The maximum absolute atomic E-state index is 12.8. The van der Waals surface area contributed by atoms with Gasteiger partial charge in [-0.3, -0.25) is 14.2 Å². The van der Waals surface area contributed by atoms with E-state index in [-0.39, 0.29) is 17.2 Å². The molecule has 140 valence electrons. The van der Waals surface area contributed by atoms with Crippen molar-refractivity contribution >= 4 is 72.4 Å². The average Bonchev–Trinajstić information content (AvgIpc) is 3.20. The number of rotatable bonds is 4. The van der Waals surface area contributed by atoms with Crippen LogP contribution in [0.5, 0.6) is 0 Å².